The van der Waals surface area contributed by atoms with Gasteiger partial charge in [0.25, 0.3) is 0 Å². The first kappa shape index (κ1) is 10.9. The fourth-order valence-corrected chi connectivity index (χ4v) is 2.04. The zero-order valence-corrected chi connectivity index (χ0v) is 10.2. The molecule has 18 heavy (non-hydrogen) atoms. The molecule has 0 unspecified atom stereocenters. The number of imidazole rings is 1. The molecule has 0 atom stereocenters. The summed E-state index contributed by atoms with van der Waals surface area (Å²) in [6, 6.07) is 4.06. The molecule has 3 aromatic rings. The van der Waals surface area contributed by atoms with Crippen molar-refractivity contribution in [1.82, 2.24) is 29.6 Å². The largest absolute Gasteiger partial charge is 0.307 e. The number of nitrogens with zero attached hydrogens (tertiary/aromatic N) is 6. The first-order chi connectivity index (χ1) is 8.88. The van der Waals surface area contributed by atoms with Crippen LogP contribution in [0.15, 0.2) is 30.7 Å². The maximum atomic E-state index is 4.36. The van der Waals surface area contributed by atoms with Crippen molar-refractivity contribution >= 4 is 5.65 Å². The minimum atomic E-state index is 0.656. The van der Waals surface area contributed by atoms with Gasteiger partial charge in [0.2, 0.25) is 0 Å². The Balaban J connectivity index is 1.96. The van der Waals surface area contributed by atoms with Crippen LogP contribution in [0, 0.1) is 0 Å². The van der Waals surface area contributed by atoms with Gasteiger partial charge in [-0.1, -0.05) is 13.0 Å². The smallest absolute Gasteiger partial charge is 0.151 e. The summed E-state index contributed by atoms with van der Waals surface area (Å²) in [6.45, 7) is 2.78. The molecular weight excluding hydrogens is 228 g/mol. The van der Waals surface area contributed by atoms with E-state index < -0.39 is 0 Å². The molecule has 0 saturated carbocycles. The summed E-state index contributed by atoms with van der Waals surface area (Å²) in [5.74, 6) is 0.922. The minimum absolute atomic E-state index is 0.656. The molecule has 3 rings (SSSR count). The second kappa shape index (κ2) is 4.56. The average Bonchev–Trinajstić information content (AvgIpc) is 3.00. The highest BCUT2D eigenvalue weighted by Gasteiger charge is 2.08. The number of fused-ring (bicyclic) bond motifs is 1. The van der Waals surface area contributed by atoms with Crippen molar-refractivity contribution in [2.24, 2.45) is 0 Å². The lowest BCUT2D eigenvalue weighted by Gasteiger charge is -2.05. The van der Waals surface area contributed by atoms with Gasteiger partial charge in [-0.3, -0.25) is 0 Å². The summed E-state index contributed by atoms with van der Waals surface area (Å²) in [4.78, 5) is 4.36. The van der Waals surface area contributed by atoms with E-state index in [1.54, 1.807) is 6.20 Å². The monoisotopic (exact) mass is 242 g/mol. The van der Waals surface area contributed by atoms with E-state index in [9.17, 15) is 0 Å². The van der Waals surface area contributed by atoms with Crippen molar-refractivity contribution in [3.05, 3.63) is 42.1 Å². The van der Waals surface area contributed by atoms with E-state index in [0.717, 1.165) is 29.9 Å². The van der Waals surface area contributed by atoms with Crippen molar-refractivity contribution in [3.63, 3.8) is 0 Å². The van der Waals surface area contributed by atoms with Gasteiger partial charge in [-0.05, 0) is 22.9 Å². The van der Waals surface area contributed by atoms with E-state index in [1.165, 1.54) is 0 Å². The molecule has 0 bridgehead atoms. The first-order valence-corrected chi connectivity index (χ1v) is 6.04. The molecule has 0 aliphatic heterocycles. The van der Waals surface area contributed by atoms with Crippen LogP contribution in [0.3, 0.4) is 0 Å². The van der Waals surface area contributed by atoms with E-state index in [0.29, 0.717) is 6.54 Å². The number of hydrogen-bond donors (Lipinski definition) is 0. The van der Waals surface area contributed by atoms with E-state index >= 15 is 0 Å². The summed E-state index contributed by atoms with van der Waals surface area (Å²) in [7, 11) is 0. The SMILES string of the molecule is CCCc1nnnn1Cc1cccn2ccnc12. The number of aromatic nitrogens is 6. The minimum Gasteiger partial charge on any atom is -0.307 e. The van der Waals surface area contributed by atoms with Crippen molar-refractivity contribution in [3.8, 4) is 0 Å². The number of hydrogen-bond acceptors (Lipinski definition) is 4. The number of tetrazole rings is 1. The first-order valence-electron chi connectivity index (χ1n) is 6.04. The van der Waals surface area contributed by atoms with Gasteiger partial charge in [0.15, 0.2) is 5.82 Å². The second-order valence-corrected chi connectivity index (χ2v) is 4.19. The lowest BCUT2D eigenvalue weighted by molar-refractivity contribution is 0.613. The van der Waals surface area contributed by atoms with E-state index in [2.05, 4.69) is 33.5 Å². The van der Waals surface area contributed by atoms with Crippen LogP contribution in [-0.4, -0.2) is 29.6 Å². The van der Waals surface area contributed by atoms with Gasteiger partial charge < -0.3 is 4.40 Å². The van der Waals surface area contributed by atoms with Gasteiger partial charge in [-0.25, -0.2) is 9.67 Å². The summed E-state index contributed by atoms with van der Waals surface area (Å²) < 4.78 is 3.84. The lowest BCUT2D eigenvalue weighted by Crippen LogP contribution is -2.08. The topological polar surface area (TPSA) is 60.9 Å². The maximum absolute atomic E-state index is 4.36. The molecule has 92 valence electrons. The molecule has 0 amide bonds. The van der Waals surface area contributed by atoms with Crippen LogP contribution >= 0.6 is 0 Å². The number of aryl methyl sites for hydroxylation is 1. The Morgan fingerprint density at radius 1 is 1.28 bits per heavy atom. The summed E-state index contributed by atoms with van der Waals surface area (Å²) in [5.41, 5.74) is 2.07. The molecule has 0 aliphatic rings. The summed E-state index contributed by atoms with van der Waals surface area (Å²) >= 11 is 0. The standard InChI is InChI=1S/C12H14N6/c1-2-4-11-14-15-16-18(11)9-10-5-3-7-17-8-6-13-12(10)17/h3,5-8H,2,4,9H2,1H3. The Bertz CT molecular complexity index is 653. The highest BCUT2D eigenvalue weighted by atomic mass is 15.5. The Hall–Kier alpha value is -2.24. The lowest BCUT2D eigenvalue weighted by atomic mass is 10.2. The zero-order valence-electron chi connectivity index (χ0n) is 10.2. The molecule has 0 N–H and O–H groups in total. The van der Waals surface area contributed by atoms with Crippen LogP contribution in [-0.2, 0) is 13.0 Å². The van der Waals surface area contributed by atoms with Crippen molar-refractivity contribution in [1.29, 1.82) is 0 Å². The second-order valence-electron chi connectivity index (χ2n) is 4.19. The predicted octanol–water partition coefficient (Wildman–Crippen LogP) is 1.32. The van der Waals surface area contributed by atoms with E-state index in [-0.39, 0.29) is 0 Å². The van der Waals surface area contributed by atoms with Crippen molar-refractivity contribution in [2.45, 2.75) is 26.3 Å². The van der Waals surface area contributed by atoms with Crippen LogP contribution in [0.4, 0.5) is 0 Å². The van der Waals surface area contributed by atoms with Gasteiger partial charge >= 0.3 is 0 Å². The average molecular weight is 242 g/mol. The zero-order chi connectivity index (χ0) is 12.4. The van der Waals surface area contributed by atoms with Crippen LogP contribution in [0.2, 0.25) is 0 Å². The van der Waals surface area contributed by atoms with Crippen molar-refractivity contribution in [2.75, 3.05) is 0 Å². The molecule has 0 radical (unpaired) electrons. The Labute approximate surface area is 104 Å². The van der Waals surface area contributed by atoms with Crippen LogP contribution < -0.4 is 0 Å². The van der Waals surface area contributed by atoms with Gasteiger partial charge in [-0.2, -0.15) is 0 Å². The third-order valence-electron chi connectivity index (χ3n) is 2.90. The van der Waals surface area contributed by atoms with Crippen LogP contribution in [0.25, 0.3) is 5.65 Å². The van der Waals surface area contributed by atoms with Gasteiger partial charge in [0.1, 0.15) is 5.65 Å². The molecule has 3 heterocycles. The van der Waals surface area contributed by atoms with Gasteiger partial charge in [0, 0.05) is 30.6 Å². The fraction of sp³-hybridized carbons (Fsp3) is 0.333. The molecule has 3 aromatic heterocycles. The number of pyridine rings is 1. The van der Waals surface area contributed by atoms with E-state index in [4.69, 9.17) is 0 Å². The number of rotatable bonds is 4. The normalized spacial score (nSPS) is 11.2. The fourth-order valence-electron chi connectivity index (χ4n) is 2.04. The van der Waals surface area contributed by atoms with Crippen LogP contribution in [0.5, 0.6) is 0 Å². The molecule has 6 heteroatoms. The predicted molar refractivity (Wildman–Crippen MR) is 66.1 cm³/mol. The molecule has 6 nitrogen and oxygen atoms in total. The highest BCUT2D eigenvalue weighted by Crippen LogP contribution is 2.11. The Morgan fingerprint density at radius 3 is 3.11 bits per heavy atom. The van der Waals surface area contributed by atoms with E-state index in [1.807, 2.05) is 27.5 Å². The van der Waals surface area contributed by atoms with Gasteiger partial charge in [0.05, 0.1) is 6.54 Å². The quantitative estimate of drug-likeness (QED) is 0.692. The third kappa shape index (κ3) is 1.85. The molecule has 0 aromatic carbocycles. The Morgan fingerprint density at radius 2 is 2.22 bits per heavy atom. The summed E-state index contributed by atoms with van der Waals surface area (Å²) in [6.07, 6.45) is 7.65. The molecule has 0 spiro atoms. The maximum Gasteiger partial charge on any atom is 0.151 e. The van der Waals surface area contributed by atoms with Crippen LogP contribution in [0.1, 0.15) is 24.7 Å². The molecule has 0 aliphatic carbocycles. The third-order valence-corrected chi connectivity index (χ3v) is 2.90. The highest BCUT2D eigenvalue weighted by molar-refractivity contribution is 5.47. The molecule has 0 fully saturated rings. The molecular formula is C12H14N6. The molecule has 0 saturated heterocycles. The Kier molecular flexibility index (Phi) is 2.76. The van der Waals surface area contributed by atoms with Crippen molar-refractivity contribution < 1.29 is 0 Å². The summed E-state index contributed by atoms with van der Waals surface area (Å²) in [5, 5.41) is 11.8. The van der Waals surface area contributed by atoms with Gasteiger partial charge in [-0.15, -0.1) is 5.10 Å².